The molecule has 10 heteroatoms. The SMILES string of the molecule is Cc1ccc(C(=O)Nc2cc(CN3CCOCC3)cc(C(F)(F)F)c2)cc1N=C/C(=C\N)c1cccnc1. The number of nitrogens with two attached hydrogens (primary N) is 1. The minimum Gasteiger partial charge on any atom is -0.404 e. The largest absolute Gasteiger partial charge is 0.416 e. The summed E-state index contributed by atoms with van der Waals surface area (Å²) >= 11 is 0. The minimum absolute atomic E-state index is 0.0728. The van der Waals surface area contributed by atoms with Gasteiger partial charge in [-0.3, -0.25) is 19.7 Å². The summed E-state index contributed by atoms with van der Waals surface area (Å²) in [5.74, 6) is -0.542. The van der Waals surface area contributed by atoms with Crippen LogP contribution in [-0.4, -0.2) is 48.3 Å². The molecule has 0 radical (unpaired) electrons. The number of hydrogen-bond donors (Lipinski definition) is 2. The van der Waals surface area contributed by atoms with Crippen molar-refractivity contribution in [1.29, 1.82) is 0 Å². The predicted molar refractivity (Wildman–Crippen MR) is 141 cm³/mol. The van der Waals surface area contributed by atoms with Crippen molar-refractivity contribution in [2.45, 2.75) is 19.6 Å². The summed E-state index contributed by atoms with van der Waals surface area (Å²) in [5, 5.41) is 2.62. The molecule has 0 atom stereocenters. The molecule has 1 amide bonds. The fourth-order valence-electron chi connectivity index (χ4n) is 4.02. The van der Waals surface area contributed by atoms with Gasteiger partial charge in [0.05, 0.1) is 24.5 Å². The highest BCUT2D eigenvalue weighted by Gasteiger charge is 2.31. The van der Waals surface area contributed by atoms with Gasteiger partial charge in [0.25, 0.3) is 5.91 Å². The Morgan fingerprint density at radius 3 is 2.63 bits per heavy atom. The van der Waals surface area contributed by atoms with E-state index >= 15 is 0 Å². The predicted octanol–water partition coefficient (Wildman–Crippen LogP) is 5.20. The van der Waals surface area contributed by atoms with E-state index in [9.17, 15) is 18.0 Å². The number of benzene rings is 2. The van der Waals surface area contributed by atoms with Crippen LogP contribution in [-0.2, 0) is 17.5 Å². The van der Waals surface area contributed by atoms with Gasteiger partial charge >= 0.3 is 6.18 Å². The van der Waals surface area contributed by atoms with E-state index in [1.807, 2.05) is 17.9 Å². The number of nitrogens with one attached hydrogen (secondary N) is 1. The fourth-order valence-corrected chi connectivity index (χ4v) is 4.02. The van der Waals surface area contributed by atoms with E-state index in [4.69, 9.17) is 10.5 Å². The zero-order valence-electron chi connectivity index (χ0n) is 20.8. The lowest BCUT2D eigenvalue weighted by Gasteiger charge is -2.27. The minimum atomic E-state index is -4.55. The number of pyridine rings is 1. The first-order chi connectivity index (χ1) is 18.2. The van der Waals surface area contributed by atoms with Crippen molar-refractivity contribution in [3.8, 4) is 0 Å². The number of aryl methyl sites for hydroxylation is 1. The van der Waals surface area contributed by atoms with E-state index in [1.165, 1.54) is 6.20 Å². The third kappa shape index (κ3) is 7.05. The van der Waals surface area contributed by atoms with Crippen molar-refractivity contribution in [3.63, 3.8) is 0 Å². The van der Waals surface area contributed by atoms with Crippen LogP contribution in [0.15, 0.2) is 72.1 Å². The molecule has 7 nitrogen and oxygen atoms in total. The Bertz CT molecular complexity index is 1330. The third-order valence-electron chi connectivity index (χ3n) is 6.08. The van der Waals surface area contributed by atoms with Gasteiger partial charge in [-0.25, -0.2) is 0 Å². The van der Waals surface area contributed by atoms with E-state index in [0.717, 1.165) is 23.3 Å². The van der Waals surface area contributed by atoms with Crippen LogP contribution in [0.3, 0.4) is 0 Å². The Balaban J connectivity index is 1.55. The molecule has 1 saturated heterocycles. The lowest BCUT2D eigenvalue weighted by atomic mass is 10.1. The quantitative estimate of drug-likeness (QED) is 0.416. The standard InChI is InChI=1S/C28H28F3N5O2/c1-19-4-5-21(13-26(19)34-17-23(15-32)22-3-2-6-33-16-22)27(37)35-25-12-20(11-24(14-25)28(29,30)31)18-36-7-9-38-10-8-36/h2-6,11-17H,7-10,18,32H2,1H3,(H,35,37)/b23-15+,34-17?. The monoisotopic (exact) mass is 523 g/mol. The second-order valence-corrected chi connectivity index (χ2v) is 8.88. The Hall–Kier alpha value is -4.02. The maximum absolute atomic E-state index is 13.6. The van der Waals surface area contributed by atoms with Gasteiger partial charge in [-0.05, 0) is 54.4 Å². The van der Waals surface area contributed by atoms with Gasteiger partial charge in [0, 0.05) is 66.8 Å². The average Bonchev–Trinajstić information content (AvgIpc) is 2.90. The van der Waals surface area contributed by atoms with E-state index < -0.39 is 17.6 Å². The molecule has 1 aliphatic heterocycles. The summed E-state index contributed by atoms with van der Waals surface area (Å²) in [6.45, 7) is 4.50. The summed E-state index contributed by atoms with van der Waals surface area (Å²) in [7, 11) is 0. The number of aliphatic imine (C=N–C) groups is 1. The number of anilines is 1. The molecule has 198 valence electrons. The molecule has 1 aromatic heterocycles. The highest BCUT2D eigenvalue weighted by atomic mass is 19.4. The van der Waals surface area contributed by atoms with E-state index in [2.05, 4.69) is 15.3 Å². The normalized spacial score (nSPS) is 15.1. The topological polar surface area (TPSA) is 92.8 Å². The Labute approximate surface area is 218 Å². The van der Waals surface area contributed by atoms with Crippen molar-refractivity contribution in [3.05, 3.63) is 94.9 Å². The molecular formula is C28H28F3N5O2. The summed E-state index contributed by atoms with van der Waals surface area (Å²) in [4.78, 5) is 23.6. The van der Waals surface area contributed by atoms with Crippen LogP contribution in [0.5, 0.6) is 0 Å². The highest BCUT2D eigenvalue weighted by Crippen LogP contribution is 2.33. The number of morpholine rings is 1. The summed E-state index contributed by atoms with van der Waals surface area (Å²) in [5.41, 5.74) is 8.49. The van der Waals surface area contributed by atoms with Gasteiger partial charge in [0.2, 0.25) is 0 Å². The third-order valence-corrected chi connectivity index (χ3v) is 6.08. The molecule has 0 aliphatic carbocycles. The Kier molecular flexibility index (Phi) is 8.55. The number of amides is 1. The molecule has 1 fully saturated rings. The van der Waals surface area contributed by atoms with Gasteiger partial charge in [0.15, 0.2) is 0 Å². The second kappa shape index (κ2) is 12.0. The van der Waals surface area contributed by atoms with Crippen LogP contribution in [0, 0.1) is 6.92 Å². The molecular weight excluding hydrogens is 495 g/mol. The van der Waals surface area contributed by atoms with E-state index in [-0.39, 0.29) is 11.3 Å². The Morgan fingerprint density at radius 2 is 1.95 bits per heavy atom. The molecule has 0 spiro atoms. The van der Waals surface area contributed by atoms with Gasteiger partial charge in [-0.15, -0.1) is 0 Å². The first kappa shape index (κ1) is 27.0. The van der Waals surface area contributed by atoms with Gasteiger partial charge < -0.3 is 15.8 Å². The molecule has 3 N–H and O–H groups in total. The number of carbonyl (C=O) groups is 1. The molecule has 3 aromatic rings. The molecule has 0 bridgehead atoms. The summed E-state index contributed by atoms with van der Waals surface area (Å²) < 4.78 is 46.1. The smallest absolute Gasteiger partial charge is 0.404 e. The number of halogens is 3. The van der Waals surface area contributed by atoms with Gasteiger partial charge in [0.1, 0.15) is 0 Å². The first-order valence-corrected chi connectivity index (χ1v) is 12.0. The zero-order valence-corrected chi connectivity index (χ0v) is 20.8. The number of aromatic nitrogens is 1. The number of nitrogens with zero attached hydrogens (tertiary/aromatic N) is 3. The summed E-state index contributed by atoms with van der Waals surface area (Å²) in [6.07, 6.45) is 1.75. The average molecular weight is 524 g/mol. The lowest BCUT2D eigenvalue weighted by Crippen LogP contribution is -2.35. The van der Waals surface area contributed by atoms with Crippen molar-refractivity contribution in [1.82, 2.24) is 9.88 Å². The number of carbonyl (C=O) groups excluding carboxylic acids is 1. The van der Waals surface area contributed by atoms with Crippen LogP contribution in [0.25, 0.3) is 5.57 Å². The van der Waals surface area contributed by atoms with Crippen LogP contribution < -0.4 is 11.1 Å². The molecule has 0 saturated carbocycles. The van der Waals surface area contributed by atoms with E-state index in [0.29, 0.717) is 49.7 Å². The number of rotatable bonds is 7. The molecule has 4 rings (SSSR count). The molecule has 2 heterocycles. The molecule has 38 heavy (non-hydrogen) atoms. The maximum atomic E-state index is 13.6. The zero-order chi connectivity index (χ0) is 27.1. The number of alkyl halides is 3. The van der Waals surface area contributed by atoms with Crippen molar-refractivity contribution >= 4 is 29.1 Å². The molecule has 2 aromatic carbocycles. The van der Waals surface area contributed by atoms with Crippen LogP contribution in [0.1, 0.15) is 32.6 Å². The number of hydrogen-bond acceptors (Lipinski definition) is 6. The van der Waals surface area contributed by atoms with Gasteiger partial charge in [-0.2, -0.15) is 13.2 Å². The van der Waals surface area contributed by atoms with Crippen molar-refractivity contribution in [2.75, 3.05) is 31.6 Å². The fraction of sp³-hybridized carbons (Fsp3) is 0.250. The van der Waals surface area contributed by atoms with Crippen molar-refractivity contribution < 1.29 is 22.7 Å². The van der Waals surface area contributed by atoms with Crippen LogP contribution in [0.4, 0.5) is 24.5 Å². The van der Waals surface area contributed by atoms with Crippen LogP contribution in [0.2, 0.25) is 0 Å². The first-order valence-electron chi connectivity index (χ1n) is 12.0. The summed E-state index contributed by atoms with van der Waals surface area (Å²) in [6, 6.07) is 12.2. The highest BCUT2D eigenvalue weighted by molar-refractivity contribution is 6.10. The Morgan fingerprint density at radius 1 is 1.16 bits per heavy atom. The second-order valence-electron chi connectivity index (χ2n) is 8.88. The lowest BCUT2D eigenvalue weighted by molar-refractivity contribution is -0.137. The molecule has 0 unspecified atom stereocenters. The van der Waals surface area contributed by atoms with Crippen molar-refractivity contribution in [2.24, 2.45) is 10.7 Å². The van der Waals surface area contributed by atoms with E-state index in [1.54, 1.807) is 48.9 Å². The number of ether oxygens (including phenoxy) is 1. The molecule has 1 aliphatic rings. The maximum Gasteiger partial charge on any atom is 0.416 e. The van der Waals surface area contributed by atoms with Gasteiger partial charge in [-0.1, -0.05) is 12.1 Å². The number of allylic oxidation sites excluding steroid dienone is 1. The van der Waals surface area contributed by atoms with Crippen LogP contribution >= 0.6 is 0 Å².